The Morgan fingerprint density at radius 1 is 1.60 bits per heavy atom. The van der Waals surface area contributed by atoms with E-state index in [0.717, 1.165) is 12.8 Å². The Morgan fingerprint density at radius 2 is 2.50 bits per heavy atom. The van der Waals surface area contributed by atoms with E-state index in [1.807, 2.05) is 12.2 Å². The molecule has 0 unspecified atom stereocenters. The van der Waals surface area contributed by atoms with Crippen molar-refractivity contribution < 1.29 is 0 Å². The van der Waals surface area contributed by atoms with Crippen molar-refractivity contribution in [2.24, 2.45) is 0 Å². The molecule has 0 spiro atoms. The molecule has 0 aliphatic heterocycles. The first-order chi connectivity index (χ1) is 4.93. The molecule has 1 heterocycles. The topological polar surface area (TPSA) is 54.5 Å². The molecule has 1 aromatic heterocycles. The lowest BCUT2D eigenvalue weighted by atomic mass is 10.3. The van der Waals surface area contributed by atoms with Gasteiger partial charge < -0.3 is 0 Å². The number of tetrazole rings is 1. The predicted molar refractivity (Wildman–Crippen MR) is 38.1 cm³/mol. The van der Waals surface area contributed by atoms with Crippen molar-refractivity contribution in [1.82, 2.24) is 20.6 Å². The van der Waals surface area contributed by atoms with Crippen molar-refractivity contribution >= 4 is 6.08 Å². The number of hydrogen-bond donors (Lipinski definition) is 1. The number of rotatable bonds is 3. The average Bonchev–Trinajstić information content (AvgIpc) is 2.41. The number of nitrogens with one attached hydrogen (secondary N) is 1. The largest absolute Gasteiger partial charge is 0.197 e. The predicted octanol–water partition coefficient (Wildman–Crippen LogP) is 1.01. The van der Waals surface area contributed by atoms with Gasteiger partial charge in [-0.25, -0.2) is 0 Å². The molecular weight excluding hydrogens is 128 g/mol. The zero-order valence-electron chi connectivity index (χ0n) is 5.91. The highest BCUT2D eigenvalue weighted by Gasteiger charge is 1.86. The van der Waals surface area contributed by atoms with Gasteiger partial charge in [0.05, 0.1) is 0 Å². The molecule has 0 saturated carbocycles. The Morgan fingerprint density at radius 3 is 3.10 bits per heavy atom. The van der Waals surface area contributed by atoms with Gasteiger partial charge in [0, 0.05) is 0 Å². The molecule has 0 aliphatic rings. The van der Waals surface area contributed by atoms with Crippen LogP contribution in [0.25, 0.3) is 6.08 Å². The van der Waals surface area contributed by atoms with Crippen molar-refractivity contribution in [3.05, 3.63) is 11.9 Å². The van der Waals surface area contributed by atoms with E-state index in [9.17, 15) is 0 Å². The maximum atomic E-state index is 3.75. The van der Waals surface area contributed by atoms with Crippen molar-refractivity contribution in [1.29, 1.82) is 0 Å². The van der Waals surface area contributed by atoms with Crippen molar-refractivity contribution in [2.75, 3.05) is 0 Å². The van der Waals surface area contributed by atoms with Gasteiger partial charge in [0.2, 0.25) is 0 Å². The number of nitrogens with zero attached hydrogens (tertiary/aromatic N) is 3. The smallest absolute Gasteiger partial charge is 0.177 e. The summed E-state index contributed by atoms with van der Waals surface area (Å²) in [6, 6.07) is 0. The lowest BCUT2D eigenvalue weighted by molar-refractivity contribution is 0.881. The van der Waals surface area contributed by atoms with E-state index < -0.39 is 0 Å². The second kappa shape index (κ2) is 3.76. The van der Waals surface area contributed by atoms with Gasteiger partial charge in [-0.3, -0.25) is 0 Å². The Labute approximate surface area is 59.3 Å². The zero-order chi connectivity index (χ0) is 7.23. The van der Waals surface area contributed by atoms with Gasteiger partial charge in [-0.15, -0.1) is 10.2 Å². The third-order valence-electron chi connectivity index (χ3n) is 1.08. The normalized spacial score (nSPS) is 10.9. The van der Waals surface area contributed by atoms with Crippen molar-refractivity contribution in [3.8, 4) is 0 Å². The summed E-state index contributed by atoms with van der Waals surface area (Å²) < 4.78 is 0. The highest BCUT2D eigenvalue weighted by atomic mass is 15.5. The van der Waals surface area contributed by atoms with Crippen LogP contribution in [0.3, 0.4) is 0 Å². The molecule has 0 saturated heterocycles. The number of aromatic nitrogens is 4. The molecule has 1 N–H and O–H groups in total. The van der Waals surface area contributed by atoms with Gasteiger partial charge in [-0.2, -0.15) is 5.21 Å². The molecule has 4 nitrogen and oxygen atoms in total. The Balaban J connectivity index is 2.40. The third-order valence-corrected chi connectivity index (χ3v) is 1.08. The summed E-state index contributed by atoms with van der Waals surface area (Å²) >= 11 is 0. The number of aromatic amines is 1. The minimum atomic E-state index is 0.647. The van der Waals surface area contributed by atoms with Gasteiger partial charge >= 0.3 is 0 Å². The highest BCUT2D eigenvalue weighted by Crippen LogP contribution is 1.93. The SMILES string of the molecule is CCC/C=C/c1nn[nH]n1. The average molecular weight is 138 g/mol. The molecule has 0 radical (unpaired) electrons. The first-order valence-corrected chi connectivity index (χ1v) is 3.33. The van der Waals surface area contributed by atoms with Crippen molar-refractivity contribution in [2.45, 2.75) is 19.8 Å². The molecule has 1 aromatic rings. The summed E-state index contributed by atoms with van der Waals surface area (Å²) in [5, 5.41) is 13.3. The number of allylic oxidation sites excluding steroid dienone is 1. The minimum absolute atomic E-state index is 0.647. The lowest BCUT2D eigenvalue weighted by Gasteiger charge is -1.80. The van der Waals surface area contributed by atoms with Gasteiger partial charge in [-0.05, 0) is 17.7 Å². The van der Waals surface area contributed by atoms with Crippen LogP contribution in [-0.4, -0.2) is 20.6 Å². The summed E-state index contributed by atoms with van der Waals surface area (Å²) in [6.45, 7) is 2.13. The van der Waals surface area contributed by atoms with E-state index in [2.05, 4.69) is 27.5 Å². The van der Waals surface area contributed by atoms with Crippen LogP contribution in [-0.2, 0) is 0 Å². The Kier molecular flexibility index (Phi) is 2.61. The van der Waals surface area contributed by atoms with E-state index in [0.29, 0.717) is 5.82 Å². The van der Waals surface area contributed by atoms with Crippen LogP contribution in [0.1, 0.15) is 25.6 Å². The molecule has 0 fully saturated rings. The summed E-state index contributed by atoms with van der Waals surface area (Å²) in [4.78, 5) is 0. The first kappa shape index (κ1) is 6.92. The molecule has 0 bridgehead atoms. The number of H-pyrrole nitrogens is 1. The van der Waals surface area contributed by atoms with E-state index in [1.165, 1.54) is 0 Å². The number of hydrogen-bond acceptors (Lipinski definition) is 3. The Hall–Kier alpha value is -1.19. The molecule has 0 aliphatic carbocycles. The Bertz CT molecular complexity index is 190. The van der Waals surface area contributed by atoms with Crippen molar-refractivity contribution in [3.63, 3.8) is 0 Å². The fourth-order valence-corrected chi connectivity index (χ4v) is 0.596. The van der Waals surface area contributed by atoms with Gasteiger partial charge in [-0.1, -0.05) is 19.4 Å². The molecule has 10 heavy (non-hydrogen) atoms. The molecule has 0 amide bonds. The van der Waals surface area contributed by atoms with E-state index in [1.54, 1.807) is 0 Å². The van der Waals surface area contributed by atoms with E-state index in [-0.39, 0.29) is 0 Å². The monoisotopic (exact) mass is 138 g/mol. The minimum Gasteiger partial charge on any atom is -0.177 e. The fourth-order valence-electron chi connectivity index (χ4n) is 0.596. The van der Waals surface area contributed by atoms with Gasteiger partial charge in [0.25, 0.3) is 0 Å². The maximum absolute atomic E-state index is 3.75. The second-order valence-corrected chi connectivity index (χ2v) is 1.96. The first-order valence-electron chi connectivity index (χ1n) is 3.33. The molecule has 4 heteroatoms. The van der Waals surface area contributed by atoms with Crippen LogP contribution in [0.15, 0.2) is 6.08 Å². The fraction of sp³-hybridized carbons (Fsp3) is 0.500. The van der Waals surface area contributed by atoms with Crippen LogP contribution in [0, 0.1) is 0 Å². The quantitative estimate of drug-likeness (QED) is 0.678. The zero-order valence-corrected chi connectivity index (χ0v) is 5.91. The van der Waals surface area contributed by atoms with Crippen LogP contribution >= 0.6 is 0 Å². The molecule has 0 aromatic carbocycles. The highest BCUT2D eigenvalue weighted by molar-refractivity contribution is 5.37. The summed E-state index contributed by atoms with van der Waals surface area (Å²) in [6.07, 6.45) is 6.10. The summed E-state index contributed by atoms with van der Waals surface area (Å²) in [5.41, 5.74) is 0. The summed E-state index contributed by atoms with van der Waals surface area (Å²) in [5.74, 6) is 0.647. The van der Waals surface area contributed by atoms with E-state index >= 15 is 0 Å². The molecule has 1 rings (SSSR count). The molecule has 54 valence electrons. The molecular formula is C6H10N4. The lowest BCUT2D eigenvalue weighted by Crippen LogP contribution is -1.73. The standard InChI is InChI=1S/C6H10N4/c1-2-3-4-5-6-7-9-10-8-6/h4-5H,2-3H2,1H3,(H,7,8,9,10)/b5-4+. The second-order valence-electron chi connectivity index (χ2n) is 1.96. The van der Waals surface area contributed by atoms with Crippen LogP contribution in [0.5, 0.6) is 0 Å². The maximum Gasteiger partial charge on any atom is 0.197 e. The summed E-state index contributed by atoms with van der Waals surface area (Å²) in [7, 11) is 0. The number of unbranched alkanes of at least 4 members (excludes halogenated alkanes) is 1. The third kappa shape index (κ3) is 1.97. The van der Waals surface area contributed by atoms with Crippen LogP contribution in [0.2, 0.25) is 0 Å². The van der Waals surface area contributed by atoms with Gasteiger partial charge in [0.1, 0.15) is 0 Å². The molecule has 0 atom stereocenters. The van der Waals surface area contributed by atoms with Gasteiger partial charge in [0.15, 0.2) is 5.82 Å². The van der Waals surface area contributed by atoms with Crippen LogP contribution < -0.4 is 0 Å². The van der Waals surface area contributed by atoms with E-state index in [4.69, 9.17) is 0 Å². The van der Waals surface area contributed by atoms with Crippen LogP contribution in [0.4, 0.5) is 0 Å².